The molecule has 0 saturated heterocycles. The van der Waals surface area contributed by atoms with Crippen LogP contribution in [0.25, 0.3) is 0 Å². The third-order valence-corrected chi connectivity index (χ3v) is 6.25. The van der Waals surface area contributed by atoms with E-state index < -0.39 is 8.07 Å². The summed E-state index contributed by atoms with van der Waals surface area (Å²) < 4.78 is 20.0. The average molecular weight is 459 g/mol. The monoisotopic (exact) mass is 459 g/mol. The standard InChI is InChI=1S/C18H26INO3Si/c1-21-16-7-5-15(6-8-16)13-23-17-11-18(19)20(12-17)14-22-9-10-24(2,3)4/h5-8,11-12H,9-10,13-14H2,1-4H3. The fourth-order valence-corrected chi connectivity index (χ4v) is 3.40. The number of halogens is 1. The zero-order chi connectivity index (χ0) is 17.6. The molecule has 0 aliphatic carbocycles. The molecule has 6 heteroatoms. The van der Waals surface area contributed by atoms with Gasteiger partial charge in [0.25, 0.3) is 0 Å². The maximum absolute atomic E-state index is 5.87. The van der Waals surface area contributed by atoms with Gasteiger partial charge in [0.1, 0.15) is 24.8 Å². The first-order valence-electron chi connectivity index (χ1n) is 8.06. The number of benzene rings is 1. The van der Waals surface area contributed by atoms with Crippen LogP contribution in [0.2, 0.25) is 25.7 Å². The fourth-order valence-electron chi connectivity index (χ4n) is 2.06. The second-order valence-corrected chi connectivity index (χ2v) is 13.7. The molecule has 2 aromatic rings. The quantitative estimate of drug-likeness (QED) is 0.301. The second kappa shape index (κ2) is 8.91. The van der Waals surface area contributed by atoms with Crippen LogP contribution < -0.4 is 9.47 Å². The normalized spacial score (nSPS) is 11.5. The number of ether oxygens (including phenoxy) is 3. The predicted octanol–water partition coefficient (Wildman–Crippen LogP) is 4.99. The number of nitrogens with zero attached hydrogens (tertiary/aromatic N) is 1. The van der Waals surface area contributed by atoms with Crippen molar-refractivity contribution in [3.8, 4) is 11.5 Å². The Kier molecular flexibility index (Phi) is 7.18. The fraction of sp³-hybridized carbons (Fsp3) is 0.444. The van der Waals surface area contributed by atoms with Crippen LogP contribution in [0.1, 0.15) is 5.56 Å². The molecule has 0 atom stereocenters. The minimum Gasteiger partial charge on any atom is -0.497 e. The number of hydrogen-bond donors (Lipinski definition) is 0. The molecule has 2 rings (SSSR count). The molecular formula is C18H26INO3Si. The van der Waals surface area contributed by atoms with Crippen LogP contribution in [-0.2, 0) is 18.1 Å². The van der Waals surface area contributed by atoms with Crippen molar-refractivity contribution >= 4 is 30.7 Å². The summed E-state index contributed by atoms with van der Waals surface area (Å²) in [4.78, 5) is 0. The van der Waals surface area contributed by atoms with Crippen LogP contribution in [0.15, 0.2) is 36.5 Å². The average Bonchev–Trinajstić information content (AvgIpc) is 2.89. The summed E-state index contributed by atoms with van der Waals surface area (Å²) in [6, 6.07) is 11.1. The van der Waals surface area contributed by atoms with E-state index in [1.54, 1.807) is 7.11 Å². The molecule has 4 nitrogen and oxygen atoms in total. The van der Waals surface area contributed by atoms with Crippen LogP contribution in [0, 0.1) is 3.70 Å². The minimum absolute atomic E-state index is 0.542. The number of rotatable bonds is 9. The summed E-state index contributed by atoms with van der Waals surface area (Å²) in [7, 11) is 0.638. The van der Waals surface area contributed by atoms with Gasteiger partial charge in [-0.05, 0) is 46.3 Å². The van der Waals surface area contributed by atoms with E-state index in [1.807, 2.05) is 36.5 Å². The number of aromatic nitrogens is 1. The van der Waals surface area contributed by atoms with Crippen molar-refractivity contribution < 1.29 is 14.2 Å². The molecule has 0 fully saturated rings. The number of hydrogen-bond acceptors (Lipinski definition) is 3. The molecule has 1 heterocycles. The highest BCUT2D eigenvalue weighted by Gasteiger charge is 2.12. The van der Waals surface area contributed by atoms with Crippen molar-refractivity contribution in [1.82, 2.24) is 4.57 Å². The van der Waals surface area contributed by atoms with Crippen molar-refractivity contribution in [2.75, 3.05) is 13.7 Å². The molecule has 0 saturated carbocycles. The van der Waals surface area contributed by atoms with Crippen LogP contribution >= 0.6 is 22.6 Å². The van der Waals surface area contributed by atoms with Gasteiger partial charge in [0, 0.05) is 26.9 Å². The third-order valence-electron chi connectivity index (χ3n) is 3.61. The molecule has 0 aliphatic heterocycles. The summed E-state index contributed by atoms with van der Waals surface area (Å²) in [6.45, 7) is 9.03. The first kappa shape index (κ1) is 19.3. The van der Waals surface area contributed by atoms with Gasteiger partial charge in [-0.3, -0.25) is 0 Å². The molecule has 0 aliphatic rings. The molecule has 0 bridgehead atoms. The lowest BCUT2D eigenvalue weighted by molar-refractivity contribution is 0.0855. The van der Waals surface area contributed by atoms with Crippen molar-refractivity contribution in [1.29, 1.82) is 0 Å². The first-order chi connectivity index (χ1) is 11.4. The highest BCUT2D eigenvalue weighted by Crippen LogP contribution is 2.20. The van der Waals surface area contributed by atoms with Crippen molar-refractivity contribution in [2.45, 2.75) is 39.0 Å². The zero-order valence-electron chi connectivity index (χ0n) is 14.8. The Labute approximate surface area is 159 Å². The zero-order valence-corrected chi connectivity index (χ0v) is 18.0. The molecule has 0 N–H and O–H groups in total. The van der Waals surface area contributed by atoms with Crippen molar-refractivity contribution in [3.63, 3.8) is 0 Å². The van der Waals surface area contributed by atoms with Gasteiger partial charge in [0.05, 0.1) is 10.8 Å². The number of methoxy groups -OCH3 is 1. The largest absolute Gasteiger partial charge is 0.497 e. The molecule has 1 aromatic heterocycles. The third kappa shape index (κ3) is 6.49. The topological polar surface area (TPSA) is 32.6 Å². The van der Waals surface area contributed by atoms with Crippen LogP contribution in [0.5, 0.6) is 11.5 Å². The van der Waals surface area contributed by atoms with Crippen LogP contribution in [0.4, 0.5) is 0 Å². The van der Waals surface area contributed by atoms with Crippen LogP contribution in [-0.4, -0.2) is 26.4 Å². The molecule has 0 radical (unpaired) electrons. The van der Waals surface area contributed by atoms with Gasteiger partial charge < -0.3 is 18.8 Å². The summed E-state index contributed by atoms with van der Waals surface area (Å²) in [5.41, 5.74) is 1.12. The Balaban J connectivity index is 1.82. The summed E-state index contributed by atoms with van der Waals surface area (Å²) >= 11 is 2.31. The Morgan fingerprint density at radius 2 is 1.79 bits per heavy atom. The van der Waals surface area contributed by atoms with Crippen LogP contribution in [0.3, 0.4) is 0 Å². The highest BCUT2D eigenvalue weighted by molar-refractivity contribution is 14.1. The predicted molar refractivity (Wildman–Crippen MR) is 109 cm³/mol. The van der Waals surface area contributed by atoms with Crippen molar-refractivity contribution in [3.05, 3.63) is 45.8 Å². The van der Waals surface area contributed by atoms with Gasteiger partial charge in [-0.15, -0.1) is 0 Å². The Hall–Kier alpha value is -0.993. The molecular weight excluding hydrogens is 433 g/mol. The molecule has 0 spiro atoms. The van der Waals surface area contributed by atoms with E-state index in [2.05, 4.69) is 46.8 Å². The van der Waals surface area contributed by atoms with E-state index in [1.165, 1.54) is 6.04 Å². The molecule has 24 heavy (non-hydrogen) atoms. The molecule has 0 unspecified atom stereocenters. The van der Waals surface area contributed by atoms with Gasteiger partial charge in [-0.1, -0.05) is 31.8 Å². The SMILES string of the molecule is COc1ccc(COc2cc(I)n(COCC[Si](C)(C)C)c2)cc1. The lowest BCUT2D eigenvalue weighted by Gasteiger charge is -2.15. The van der Waals surface area contributed by atoms with Gasteiger partial charge in [-0.2, -0.15) is 0 Å². The van der Waals surface area contributed by atoms with E-state index in [4.69, 9.17) is 14.2 Å². The second-order valence-electron chi connectivity index (χ2n) is 6.95. The first-order valence-corrected chi connectivity index (χ1v) is 12.8. The van der Waals surface area contributed by atoms with E-state index in [9.17, 15) is 0 Å². The smallest absolute Gasteiger partial charge is 0.138 e. The van der Waals surface area contributed by atoms with Gasteiger partial charge in [0.2, 0.25) is 0 Å². The molecule has 132 valence electrons. The van der Waals surface area contributed by atoms with Gasteiger partial charge >= 0.3 is 0 Å². The summed E-state index contributed by atoms with van der Waals surface area (Å²) in [6.07, 6.45) is 2.00. The van der Waals surface area contributed by atoms with Gasteiger partial charge in [-0.25, -0.2) is 0 Å². The molecule has 1 aromatic carbocycles. The maximum Gasteiger partial charge on any atom is 0.138 e. The van der Waals surface area contributed by atoms with E-state index in [0.29, 0.717) is 13.3 Å². The van der Waals surface area contributed by atoms with Gasteiger partial charge in [0.15, 0.2) is 0 Å². The van der Waals surface area contributed by atoms with Crippen molar-refractivity contribution in [2.24, 2.45) is 0 Å². The Morgan fingerprint density at radius 3 is 2.42 bits per heavy atom. The highest BCUT2D eigenvalue weighted by atomic mass is 127. The summed E-state index contributed by atoms with van der Waals surface area (Å²) in [5.74, 6) is 1.72. The maximum atomic E-state index is 5.87. The van der Waals surface area contributed by atoms with E-state index in [0.717, 1.165) is 27.4 Å². The van der Waals surface area contributed by atoms with E-state index in [-0.39, 0.29) is 0 Å². The minimum atomic E-state index is -1.03. The van der Waals surface area contributed by atoms with E-state index >= 15 is 0 Å². The Bertz CT molecular complexity index is 635. The Morgan fingerprint density at radius 1 is 1.08 bits per heavy atom. The lowest BCUT2D eigenvalue weighted by atomic mass is 10.2. The lowest BCUT2D eigenvalue weighted by Crippen LogP contribution is -2.22. The summed E-state index contributed by atoms with van der Waals surface area (Å²) in [5, 5.41) is 0. The molecule has 0 amide bonds.